The lowest BCUT2D eigenvalue weighted by Crippen LogP contribution is -2.23. The molecule has 0 saturated carbocycles. The van der Waals surface area contributed by atoms with Crippen LogP contribution in [0.3, 0.4) is 0 Å². The molecule has 0 spiro atoms. The predicted molar refractivity (Wildman–Crippen MR) is 36.1 cm³/mol. The fourth-order valence-electron chi connectivity index (χ4n) is 0.297. The van der Waals surface area contributed by atoms with E-state index in [1.165, 1.54) is 0 Å². The summed E-state index contributed by atoms with van der Waals surface area (Å²) >= 11 is 4.92. The van der Waals surface area contributed by atoms with Crippen molar-refractivity contribution in [3.05, 3.63) is 0 Å². The Morgan fingerprint density at radius 2 is 1.91 bits per heavy atom. The molecule has 3 nitrogen and oxygen atoms in total. The van der Waals surface area contributed by atoms with Crippen LogP contribution in [0.15, 0.2) is 0 Å². The highest BCUT2D eigenvalue weighted by molar-refractivity contribution is 8.10. The van der Waals surface area contributed by atoms with Crippen LogP contribution >= 0.6 is 22.3 Å². The molecule has 68 valence electrons. The Bertz CT molecular complexity index is 215. The monoisotopic (exact) mass is 228 g/mol. The van der Waals surface area contributed by atoms with Gasteiger partial charge in [0.05, 0.1) is 6.42 Å². The van der Waals surface area contributed by atoms with Gasteiger partial charge < -0.3 is 0 Å². The summed E-state index contributed by atoms with van der Waals surface area (Å²) in [4.78, 5) is 0. The first-order valence-electron chi connectivity index (χ1n) is 2.36. The van der Waals surface area contributed by atoms with Crippen LogP contribution in [0.1, 0.15) is 6.42 Å². The van der Waals surface area contributed by atoms with E-state index < -0.39 is 27.7 Å². The molecule has 0 heterocycles. The largest absolute Gasteiger partial charge is 0.371 e. The van der Waals surface area contributed by atoms with Crippen LogP contribution in [0.4, 0.5) is 8.78 Å². The third-order valence-corrected chi connectivity index (χ3v) is 1.43. The van der Waals surface area contributed by atoms with E-state index in [1.807, 2.05) is 0 Å². The molecule has 0 N–H and O–H groups in total. The molecular formula is C3H4Cl2F2O3S. The van der Waals surface area contributed by atoms with E-state index in [9.17, 15) is 17.2 Å². The van der Waals surface area contributed by atoms with Gasteiger partial charge in [0.25, 0.3) is 0 Å². The zero-order valence-electron chi connectivity index (χ0n) is 5.06. The molecule has 0 unspecified atom stereocenters. The van der Waals surface area contributed by atoms with Crippen LogP contribution in [0, 0.1) is 0 Å². The molecule has 0 aliphatic heterocycles. The maximum absolute atomic E-state index is 12.1. The summed E-state index contributed by atoms with van der Waals surface area (Å²) in [6.07, 6.45) is -4.72. The molecule has 0 bridgehead atoms. The highest BCUT2D eigenvalue weighted by Crippen LogP contribution is 2.24. The van der Waals surface area contributed by atoms with Gasteiger partial charge in [-0.1, -0.05) is 0 Å². The molecule has 0 aliphatic rings. The summed E-state index contributed by atoms with van der Waals surface area (Å²) in [5.74, 6) is -0.417. The molecule has 0 radical (unpaired) electrons. The Morgan fingerprint density at radius 3 is 2.18 bits per heavy atom. The van der Waals surface area contributed by atoms with Crippen LogP contribution in [-0.4, -0.2) is 20.4 Å². The molecule has 0 aliphatic carbocycles. The lowest BCUT2D eigenvalue weighted by atomic mass is 10.5. The summed E-state index contributed by atoms with van der Waals surface area (Å²) in [6.45, 7) is 0. The highest BCUT2D eigenvalue weighted by atomic mass is 35.7. The van der Waals surface area contributed by atoms with Crippen molar-refractivity contribution in [2.24, 2.45) is 0 Å². The van der Waals surface area contributed by atoms with E-state index in [1.54, 1.807) is 0 Å². The number of hydrogen-bond acceptors (Lipinski definition) is 3. The van der Waals surface area contributed by atoms with Gasteiger partial charge in [-0.05, 0) is 0 Å². The van der Waals surface area contributed by atoms with Crippen LogP contribution < -0.4 is 0 Å². The molecule has 8 heteroatoms. The zero-order chi connectivity index (χ0) is 9.12. The Kier molecular flexibility index (Phi) is 3.96. The second-order valence-corrected chi connectivity index (χ2v) is 4.02. The Balaban J connectivity index is 4.13. The summed E-state index contributed by atoms with van der Waals surface area (Å²) in [5.41, 5.74) is 0. The molecule has 0 aromatic heterocycles. The van der Waals surface area contributed by atoms with Gasteiger partial charge in [-0.15, -0.1) is 11.6 Å². The van der Waals surface area contributed by atoms with Crippen molar-refractivity contribution in [1.82, 2.24) is 0 Å². The quantitative estimate of drug-likeness (QED) is 0.544. The maximum Gasteiger partial charge on any atom is 0.371 e. The van der Waals surface area contributed by atoms with E-state index >= 15 is 0 Å². The summed E-state index contributed by atoms with van der Waals surface area (Å²) < 4.78 is 47.4. The normalized spacial score (nSPS) is 13.5. The van der Waals surface area contributed by atoms with Gasteiger partial charge >= 0.3 is 15.4 Å². The van der Waals surface area contributed by atoms with Gasteiger partial charge in [0.1, 0.15) is 0 Å². The lowest BCUT2D eigenvalue weighted by molar-refractivity contribution is -0.171. The van der Waals surface area contributed by atoms with Crippen molar-refractivity contribution in [2.75, 3.05) is 5.88 Å². The van der Waals surface area contributed by atoms with Crippen LogP contribution in [0.5, 0.6) is 0 Å². The zero-order valence-corrected chi connectivity index (χ0v) is 7.39. The Morgan fingerprint density at radius 1 is 1.45 bits per heavy atom. The van der Waals surface area contributed by atoms with Crippen LogP contribution in [-0.2, 0) is 13.5 Å². The average Bonchev–Trinajstić information content (AvgIpc) is 1.55. The molecule has 11 heavy (non-hydrogen) atoms. The number of alkyl halides is 3. The fourth-order valence-corrected chi connectivity index (χ4v) is 1.17. The maximum atomic E-state index is 12.1. The van der Waals surface area contributed by atoms with E-state index in [4.69, 9.17) is 11.6 Å². The predicted octanol–water partition coefficient (Wildman–Crippen LogP) is 1.71. The Labute approximate surface area is 71.9 Å². The first kappa shape index (κ1) is 11.4. The summed E-state index contributed by atoms with van der Waals surface area (Å²) in [5, 5.41) is 0. The van der Waals surface area contributed by atoms with Crippen molar-refractivity contribution >= 4 is 31.6 Å². The number of rotatable bonds is 4. The minimum atomic E-state index is -4.64. The second kappa shape index (κ2) is 3.84. The van der Waals surface area contributed by atoms with Crippen molar-refractivity contribution in [1.29, 1.82) is 0 Å². The van der Waals surface area contributed by atoms with Crippen LogP contribution in [0.25, 0.3) is 0 Å². The van der Waals surface area contributed by atoms with Crippen molar-refractivity contribution < 1.29 is 21.4 Å². The van der Waals surface area contributed by atoms with Gasteiger partial charge in [-0.2, -0.15) is 21.4 Å². The van der Waals surface area contributed by atoms with Gasteiger partial charge in [-0.3, -0.25) is 0 Å². The molecule has 0 saturated heterocycles. The van der Waals surface area contributed by atoms with Crippen molar-refractivity contribution in [3.8, 4) is 0 Å². The summed E-state index contributed by atoms with van der Waals surface area (Å²) in [6, 6.07) is 0. The molecule has 0 atom stereocenters. The molecule has 0 aromatic carbocycles. The van der Waals surface area contributed by atoms with Gasteiger partial charge in [0.2, 0.25) is 0 Å². The SMILES string of the molecule is O=S(=O)(Cl)OC(F)(F)CCCl. The smallest absolute Gasteiger partial charge is 0.188 e. The van der Waals surface area contributed by atoms with E-state index in [0.29, 0.717) is 0 Å². The van der Waals surface area contributed by atoms with E-state index in [0.717, 1.165) is 0 Å². The minimum Gasteiger partial charge on any atom is -0.188 e. The fraction of sp³-hybridized carbons (Fsp3) is 1.00. The first-order valence-corrected chi connectivity index (χ1v) is 5.13. The lowest BCUT2D eigenvalue weighted by Gasteiger charge is -2.11. The van der Waals surface area contributed by atoms with Gasteiger partial charge in [0.15, 0.2) is 0 Å². The third kappa shape index (κ3) is 6.74. The van der Waals surface area contributed by atoms with E-state index in [-0.39, 0.29) is 0 Å². The van der Waals surface area contributed by atoms with Gasteiger partial charge in [0, 0.05) is 16.6 Å². The second-order valence-electron chi connectivity index (χ2n) is 1.55. The average molecular weight is 229 g/mol. The standard InChI is InChI=1S/C3H4Cl2F2O3S/c4-2-1-3(6,7)10-11(5,8)9/h1-2H2. The first-order chi connectivity index (χ1) is 4.77. The van der Waals surface area contributed by atoms with Crippen molar-refractivity contribution in [3.63, 3.8) is 0 Å². The third-order valence-electron chi connectivity index (χ3n) is 0.607. The Hall–Kier alpha value is 0.350. The molecule has 0 fully saturated rings. The van der Waals surface area contributed by atoms with Crippen LogP contribution in [0.2, 0.25) is 0 Å². The topological polar surface area (TPSA) is 43.4 Å². The molecule has 0 aromatic rings. The molecule has 0 rings (SSSR count). The number of halogens is 4. The molecular weight excluding hydrogens is 225 g/mol. The van der Waals surface area contributed by atoms with Crippen molar-refractivity contribution in [2.45, 2.75) is 12.5 Å². The number of hydrogen-bond donors (Lipinski definition) is 0. The highest BCUT2D eigenvalue weighted by Gasteiger charge is 2.34. The summed E-state index contributed by atoms with van der Waals surface area (Å²) in [7, 11) is -0.260. The van der Waals surface area contributed by atoms with Gasteiger partial charge in [-0.25, -0.2) is 0 Å². The van der Waals surface area contributed by atoms with E-state index in [2.05, 4.69) is 14.9 Å². The molecule has 0 amide bonds. The minimum absolute atomic E-state index is 0.417.